The van der Waals surface area contributed by atoms with Crippen LogP contribution in [-0.4, -0.2) is 6.04 Å². The molecule has 2 rings (SSSR count). The van der Waals surface area contributed by atoms with Crippen LogP contribution in [0.3, 0.4) is 0 Å². The number of nitrogens with one attached hydrogen (secondary N) is 1. The van der Waals surface area contributed by atoms with Crippen LogP contribution >= 0.6 is 22.9 Å². The van der Waals surface area contributed by atoms with Gasteiger partial charge < -0.3 is 10.1 Å². The summed E-state index contributed by atoms with van der Waals surface area (Å²) in [5, 5.41) is 3.40. The van der Waals surface area contributed by atoms with Gasteiger partial charge >= 0.3 is 0 Å². The highest BCUT2D eigenvalue weighted by Gasteiger charge is 2.01. The van der Waals surface area contributed by atoms with Gasteiger partial charge in [0.1, 0.15) is 12.4 Å². The SMILES string of the molecule is CC(C)NCc1cccc(OCc2ccc(Cl)s2)c1. The van der Waals surface area contributed by atoms with E-state index in [0.29, 0.717) is 12.6 Å². The average Bonchev–Trinajstić information content (AvgIpc) is 2.80. The van der Waals surface area contributed by atoms with E-state index >= 15 is 0 Å². The fraction of sp³-hybridized carbons (Fsp3) is 0.333. The van der Waals surface area contributed by atoms with Gasteiger partial charge in [0.25, 0.3) is 0 Å². The summed E-state index contributed by atoms with van der Waals surface area (Å²) in [5.41, 5.74) is 1.23. The Morgan fingerprint density at radius 1 is 1.26 bits per heavy atom. The van der Waals surface area contributed by atoms with Gasteiger partial charge in [0, 0.05) is 17.5 Å². The molecule has 2 nitrogen and oxygen atoms in total. The molecule has 19 heavy (non-hydrogen) atoms. The second-order valence-corrected chi connectivity index (χ2v) is 6.48. The zero-order valence-corrected chi connectivity index (χ0v) is 12.7. The Hall–Kier alpha value is -1.03. The molecule has 0 aliphatic rings. The maximum absolute atomic E-state index is 5.89. The maximum atomic E-state index is 5.89. The first-order chi connectivity index (χ1) is 9.13. The minimum absolute atomic E-state index is 0.484. The van der Waals surface area contributed by atoms with Crippen molar-refractivity contribution in [3.05, 3.63) is 51.2 Å². The molecule has 1 aromatic heterocycles. The highest BCUT2D eigenvalue weighted by molar-refractivity contribution is 7.16. The van der Waals surface area contributed by atoms with Crippen LogP contribution < -0.4 is 10.1 Å². The molecule has 0 atom stereocenters. The lowest BCUT2D eigenvalue weighted by Gasteiger charge is -2.10. The number of hydrogen-bond acceptors (Lipinski definition) is 3. The summed E-state index contributed by atoms with van der Waals surface area (Å²) in [6, 6.07) is 12.6. The Kier molecular flexibility index (Phi) is 5.25. The van der Waals surface area contributed by atoms with E-state index in [0.717, 1.165) is 21.5 Å². The Labute approximate surface area is 123 Å². The number of ether oxygens (including phenoxy) is 1. The first-order valence-corrected chi connectivity index (χ1v) is 7.52. The Balaban J connectivity index is 1.91. The van der Waals surface area contributed by atoms with Gasteiger partial charge in [0.05, 0.1) is 4.34 Å². The average molecular weight is 296 g/mol. The zero-order chi connectivity index (χ0) is 13.7. The Bertz CT molecular complexity index is 524. The lowest BCUT2D eigenvalue weighted by molar-refractivity contribution is 0.309. The second kappa shape index (κ2) is 6.94. The predicted molar refractivity (Wildman–Crippen MR) is 82.1 cm³/mol. The van der Waals surface area contributed by atoms with Gasteiger partial charge in [-0.2, -0.15) is 0 Å². The van der Waals surface area contributed by atoms with E-state index in [1.807, 2.05) is 24.3 Å². The van der Waals surface area contributed by atoms with E-state index in [9.17, 15) is 0 Å². The van der Waals surface area contributed by atoms with Crippen molar-refractivity contribution in [2.24, 2.45) is 0 Å². The number of rotatable bonds is 6. The topological polar surface area (TPSA) is 21.3 Å². The molecular formula is C15H18ClNOS. The first-order valence-electron chi connectivity index (χ1n) is 6.33. The van der Waals surface area contributed by atoms with Crippen molar-refractivity contribution in [1.82, 2.24) is 5.32 Å². The number of thiophene rings is 1. The minimum atomic E-state index is 0.484. The minimum Gasteiger partial charge on any atom is -0.488 e. The first kappa shape index (κ1) is 14.4. The second-order valence-electron chi connectivity index (χ2n) is 4.68. The molecule has 0 aliphatic heterocycles. The summed E-state index contributed by atoms with van der Waals surface area (Å²) in [6.07, 6.45) is 0. The van der Waals surface area contributed by atoms with Gasteiger partial charge in [0.15, 0.2) is 0 Å². The van der Waals surface area contributed by atoms with Crippen molar-refractivity contribution < 1.29 is 4.74 Å². The molecule has 102 valence electrons. The summed E-state index contributed by atoms with van der Waals surface area (Å²) in [6.45, 7) is 5.71. The molecule has 2 aromatic rings. The largest absolute Gasteiger partial charge is 0.488 e. The van der Waals surface area contributed by atoms with Crippen LogP contribution in [0, 0.1) is 0 Å². The van der Waals surface area contributed by atoms with Gasteiger partial charge in [-0.25, -0.2) is 0 Å². The Morgan fingerprint density at radius 2 is 2.11 bits per heavy atom. The monoisotopic (exact) mass is 295 g/mol. The van der Waals surface area contributed by atoms with E-state index in [2.05, 4.69) is 31.3 Å². The number of benzene rings is 1. The molecule has 0 aliphatic carbocycles. The van der Waals surface area contributed by atoms with Gasteiger partial charge in [0.2, 0.25) is 0 Å². The lowest BCUT2D eigenvalue weighted by atomic mass is 10.2. The standard InChI is InChI=1S/C15H18ClNOS/c1-11(2)17-9-12-4-3-5-13(8-12)18-10-14-6-7-15(16)19-14/h3-8,11,17H,9-10H2,1-2H3. The smallest absolute Gasteiger partial charge is 0.122 e. The van der Waals surface area contributed by atoms with Crippen LogP contribution in [0.15, 0.2) is 36.4 Å². The van der Waals surface area contributed by atoms with Gasteiger partial charge in [-0.1, -0.05) is 37.6 Å². The van der Waals surface area contributed by atoms with Crippen molar-refractivity contribution in [2.75, 3.05) is 0 Å². The normalized spacial score (nSPS) is 10.9. The van der Waals surface area contributed by atoms with E-state index in [1.54, 1.807) is 11.3 Å². The number of hydrogen-bond donors (Lipinski definition) is 1. The van der Waals surface area contributed by atoms with Crippen molar-refractivity contribution in [1.29, 1.82) is 0 Å². The molecule has 0 amide bonds. The third kappa shape index (κ3) is 4.86. The third-order valence-electron chi connectivity index (χ3n) is 2.62. The molecule has 0 spiro atoms. The lowest BCUT2D eigenvalue weighted by Crippen LogP contribution is -2.21. The van der Waals surface area contributed by atoms with Crippen LogP contribution in [0.2, 0.25) is 4.34 Å². The van der Waals surface area contributed by atoms with Gasteiger partial charge in [-0.15, -0.1) is 11.3 Å². The van der Waals surface area contributed by atoms with E-state index < -0.39 is 0 Å². The summed E-state index contributed by atoms with van der Waals surface area (Å²) >= 11 is 7.45. The highest BCUT2D eigenvalue weighted by Crippen LogP contribution is 2.23. The van der Waals surface area contributed by atoms with Crippen molar-refractivity contribution in [2.45, 2.75) is 33.0 Å². The van der Waals surface area contributed by atoms with Crippen LogP contribution in [0.25, 0.3) is 0 Å². The molecule has 1 aromatic carbocycles. The van der Waals surface area contributed by atoms with Crippen LogP contribution in [-0.2, 0) is 13.2 Å². The molecule has 4 heteroatoms. The molecule has 1 heterocycles. The number of halogens is 1. The molecule has 0 radical (unpaired) electrons. The van der Waals surface area contributed by atoms with Crippen molar-refractivity contribution in [3.8, 4) is 5.75 Å². The Morgan fingerprint density at radius 3 is 2.79 bits per heavy atom. The fourth-order valence-electron chi connectivity index (χ4n) is 1.65. The molecule has 0 fully saturated rings. The molecular weight excluding hydrogens is 278 g/mol. The van der Waals surface area contributed by atoms with Crippen molar-refractivity contribution in [3.63, 3.8) is 0 Å². The molecule has 0 saturated heterocycles. The quantitative estimate of drug-likeness (QED) is 0.848. The molecule has 0 saturated carbocycles. The van der Waals surface area contributed by atoms with Crippen LogP contribution in [0.4, 0.5) is 0 Å². The van der Waals surface area contributed by atoms with Crippen molar-refractivity contribution >= 4 is 22.9 Å². The molecule has 0 unspecified atom stereocenters. The summed E-state index contributed by atoms with van der Waals surface area (Å²) in [5.74, 6) is 0.896. The summed E-state index contributed by atoms with van der Waals surface area (Å²) in [7, 11) is 0. The van der Waals surface area contributed by atoms with E-state index in [4.69, 9.17) is 16.3 Å². The van der Waals surface area contributed by atoms with Crippen LogP contribution in [0.5, 0.6) is 5.75 Å². The van der Waals surface area contributed by atoms with Gasteiger partial charge in [-0.05, 0) is 29.8 Å². The maximum Gasteiger partial charge on any atom is 0.122 e. The van der Waals surface area contributed by atoms with Crippen LogP contribution in [0.1, 0.15) is 24.3 Å². The third-order valence-corrected chi connectivity index (χ3v) is 3.83. The predicted octanol–water partition coefficient (Wildman–Crippen LogP) is 4.48. The van der Waals surface area contributed by atoms with E-state index in [1.165, 1.54) is 5.56 Å². The molecule has 0 bridgehead atoms. The van der Waals surface area contributed by atoms with Gasteiger partial charge in [-0.3, -0.25) is 0 Å². The summed E-state index contributed by atoms with van der Waals surface area (Å²) < 4.78 is 6.58. The summed E-state index contributed by atoms with van der Waals surface area (Å²) in [4.78, 5) is 1.13. The highest BCUT2D eigenvalue weighted by atomic mass is 35.5. The van der Waals surface area contributed by atoms with E-state index in [-0.39, 0.29) is 0 Å². The fourth-order valence-corrected chi connectivity index (χ4v) is 2.65. The zero-order valence-electron chi connectivity index (χ0n) is 11.2. The molecule has 1 N–H and O–H groups in total.